The van der Waals surface area contributed by atoms with E-state index in [1.165, 1.54) is 23.8 Å². The first kappa shape index (κ1) is 18.0. The molecule has 5 nitrogen and oxygen atoms in total. The Hall–Kier alpha value is -2.34. The van der Waals surface area contributed by atoms with Gasteiger partial charge in [-0.15, -0.1) is 0 Å². The van der Waals surface area contributed by atoms with Gasteiger partial charge < -0.3 is 14.6 Å². The van der Waals surface area contributed by atoms with Crippen LogP contribution in [0.5, 0.6) is 11.5 Å². The zero-order valence-electron chi connectivity index (χ0n) is 13.3. The van der Waals surface area contributed by atoms with Crippen molar-refractivity contribution in [3.63, 3.8) is 0 Å². The third-order valence-corrected chi connectivity index (χ3v) is 3.99. The Labute approximate surface area is 148 Å². The SMILES string of the molecule is CCc1ccc(OC(C)C(=O)Oc2ccc(C(=O)O)cc2Br)cc1. The monoisotopic (exact) mass is 392 g/mol. The molecule has 0 spiro atoms. The predicted octanol–water partition coefficient (Wildman–Crippen LogP) is 4.08. The number of carboxylic acids is 1. The molecule has 1 atom stereocenters. The summed E-state index contributed by atoms with van der Waals surface area (Å²) < 4.78 is 11.2. The highest BCUT2D eigenvalue weighted by molar-refractivity contribution is 9.10. The van der Waals surface area contributed by atoms with Crippen molar-refractivity contribution in [1.29, 1.82) is 0 Å². The normalized spacial score (nSPS) is 11.6. The summed E-state index contributed by atoms with van der Waals surface area (Å²) in [7, 11) is 0. The second-order valence-electron chi connectivity index (χ2n) is 5.13. The fourth-order valence-corrected chi connectivity index (χ4v) is 2.42. The first-order chi connectivity index (χ1) is 11.4. The molecule has 0 heterocycles. The van der Waals surface area contributed by atoms with Crippen LogP contribution < -0.4 is 9.47 Å². The molecule has 2 aromatic rings. The number of rotatable bonds is 6. The molecule has 24 heavy (non-hydrogen) atoms. The summed E-state index contributed by atoms with van der Waals surface area (Å²) in [6, 6.07) is 11.7. The van der Waals surface area contributed by atoms with Crippen LogP contribution in [0.2, 0.25) is 0 Å². The fourth-order valence-electron chi connectivity index (χ4n) is 1.96. The average Bonchev–Trinajstić information content (AvgIpc) is 2.57. The number of halogens is 1. The van der Waals surface area contributed by atoms with Gasteiger partial charge in [-0.25, -0.2) is 9.59 Å². The molecular weight excluding hydrogens is 376 g/mol. The van der Waals surface area contributed by atoms with E-state index in [0.29, 0.717) is 10.2 Å². The lowest BCUT2D eigenvalue weighted by Crippen LogP contribution is -2.28. The van der Waals surface area contributed by atoms with Gasteiger partial charge in [0.25, 0.3) is 0 Å². The third-order valence-electron chi connectivity index (χ3n) is 3.37. The smallest absolute Gasteiger partial charge is 0.352 e. The summed E-state index contributed by atoms with van der Waals surface area (Å²) in [4.78, 5) is 23.0. The van der Waals surface area contributed by atoms with Gasteiger partial charge in [0.05, 0.1) is 10.0 Å². The van der Waals surface area contributed by atoms with E-state index in [-0.39, 0.29) is 11.3 Å². The summed E-state index contributed by atoms with van der Waals surface area (Å²) >= 11 is 3.19. The van der Waals surface area contributed by atoms with E-state index < -0.39 is 18.0 Å². The number of carbonyl (C=O) groups excluding carboxylic acids is 1. The molecule has 0 saturated carbocycles. The molecule has 6 heteroatoms. The van der Waals surface area contributed by atoms with Crippen LogP contribution >= 0.6 is 15.9 Å². The molecule has 0 aliphatic carbocycles. The van der Waals surface area contributed by atoms with E-state index in [2.05, 4.69) is 22.9 Å². The Morgan fingerprint density at radius 3 is 2.38 bits per heavy atom. The van der Waals surface area contributed by atoms with E-state index in [0.717, 1.165) is 6.42 Å². The summed E-state index contributed by atoms with van der Waals surface area (Å²) in [6.07, 6.45) is 0.127. The largest absolute Gasteiger partial charge is 0.479 e. The lowest BCUT2D eigenvalue weighted by Gasteiger charge is -2.15. The predicted molar refractivity (Wildman–Crippen MR) is 92.6 cm³/mol. The van der Waals surface area contributed by atoms with Crippen molar-refractivity contribution >= 4 is 27.9 Å². The molecule has 1 N–H and O–H groups in total. The fraction of sp³-hybridized carbons (Fsp3) is 0.222. The number of carboxylic acid groups (broad SMARTS) is 1. The minimum Gasteiger partial charge on any atom is -0.479 e. The van der Waals surface area contributed by atoms with E-state index >= 15 is 0 Å². The summed E-state index contributed by atoms with van der Waals surface area (Å²) in [5.74, 6) is -0.808. The minimum absolute atomic E-state index is 0.0991. The number of ether oxygens (including phenoxy) is 2. The van der Waals surface area contributed by atoms with Gasteiger partial charge in [0.2, 0.25) is 0 Å². The van der Waals surface area contributed by atoms with Crippen LogP contribution in [0, 0.1) is 0 Å². The first-order valence-corrected chi connectivity index (χ1v) is 8.20. The third kappa shape index (κ3) is 4.58. The number of carbonyl (C=O) groups is 2. The van der Waals surface area contributed by atoms with Crippen molar-refractivity contribution < 1.29 is 24.2 Å². The number of hydrogen-bond donors (Lipinski definition) is 1. The highest BCUT2D eigenvalue weighted by Gasteiger charge is 2.19. The number of hydrogen-bond acceptors (Lipinski definition) is 4. The lowest BCUT2D eigenvalue weighted by atomic mass is 10.2. The van der Waals surface area contributed by atoms with Crippen LogP contribution in [-0.4, -0.2) is 23.1 Å². The van der Waals surface area contributed by atoms with Gasteiger partial charge in [-0.3, -0.25) is 0 Å². The van der Waals surface area contributed by atoms with E-state index in [9.17, 15) is 9.59 Å². The van der Waals surface area contributed by atoms with Crippen molar-refractivity contribution in [3.8, 4) is 11.5 Å². The highest BCUT2D eigenvalue weighted by atomic mass is 79.9. The zero-order valence-corrected chi connectivity index (χ0v) is 14.9. The van der Waals surface area contributed by atoms with Crippen LogP contribution in [0.4, 0.5) is 0 Å². The van der Waals surface area contributed by atoms with Crippen LogP contribution in [0.1, 0.15) is 29.8 Å². The van der Waals surface area contributed by atoms with Crippen LogP contribution in [0.3, 0.4) is 0 Å². The lowest BCUT2D eigenvalue weighted by molar-refractivity contribution is -0.141. The molecule has 2 rings (SSSR count). The van der Waals surface area contributed by atoms with Crippen molar-refractivity contribution in [2.45, 2.75) is 26.4 Å². The number of aryl methyl sites for hydroxylation is 1. The van der Waals surface area contributed by atoms with Crippen LogP contribution in [0.15, 0.2) is 46.9 Å². The standard InChI is InChI=1S/C18H17BrO5/c1-3-12-4-7-14(8-5-12)23-11(2)18(22)24-16-9-6-13(17(20)21)10-15(16)19/h4-11H,3H2,1-2H3,(H,20,21). The average molecular weight is 393 g/mol. The second kappa shape index (κ2) is 7.97. The molecule has 0 aliphatic rings. The molecule has 126 valence electrons. The van der Waals surface area contributed by atoms with Crippen LogP contribution in [-0.2, 0) is 11.2 Å². The maximum atomic E-state index is 12.1. The Morgan fingerprint density at radius 2 is 1.83 bits per heavy atom. The molecule has 0 fully saturated rings. The molecule has 1 unspecified atom stereocenters. The second-order valence-corrected chi connectivity index (χ2v) is 5.98. The molecule has 0 aliphatic heterocycles. The Kier molecular flexibility index (Phi) is 5.98. The van der Waals surface area contributed by atoms with Gasteiger partial charge in [-0.05, 0) is 65.2 Å². The summed E-state index contributed by atoms with van der Waals surface area (Å²) in [5, 5.41) is 8.92. The van der Waals surface area contributed by atoms with Crippen molar-refractivity contribution in [2.24, 2.45) is 0 Å². The van der Waals surface area contributed by atoms with Gasteiger partial charge in [0.1, 0.15) is 11.5 Å². The quantitative estimate of drug-likeness (QED) is 0.592. The topological polar surface area (TPSA) is 72.8 Å². The Balaban J connectivity index is 2.01. The van der Waals surface area contributed by atoms with Gasteiger partial charge in [0.15, 0.2) is 6.10 Å². The van der Waals surface area contributed by atoms with Gasteiger partial charge in [0, 0.05) is 0 Å². The number of benzene rings is 2. The van der Waals surface area contributed by atoms with Crippen LogP contribution in [0.25, 0.3) is 0 Å². The number of esters is 1. The molecule has 2 aromatic carbocycles. The van der Waals surface area contributed by atoms with Crippen molar-refractivity contribution in [3.05, 3.63) is 58.1 Å². The zero-order chi connectivity index (χ0) is 17.7. The van der Waals surface area contributed by atoms with Crippen molar-refractivity contribution in [1.82, 2.24) is 0 Å². The first-order valence-electron chi connectivity index (χ1n) is 7.40. The van der Waals surface area contributed by atoms with Gasteiger partial charge in [-0.1, -0.05) is 19.1 Å². The Bertz CT molecular complexity index is 740. The van der Waals surface area contributed by atoms with E-state index in [4.69, 9.17) is 14.6 Å². The molecule has 0 aromatic heterocycles. The molecule has 0 bridgehead atoms. The molecular formula is C18H17BrO5. The molecule has 0 radical (unpaired) electrons. The minimum atomic E-state index is -1.05. The van der Waals surface area contributed by atoms with E-state index in [1.54, 1.807) is 19.1 Å². The highest BCUT2D eigenvalue weighted by Crippen LogP contribution is 2.26. The molecule has 0 amide bonds. The molecule has 0 saturated heterocycles. The Morgan fingerprint density at radius 1 is 1.17 bits per heavy atom. The van der Waals surface area contributed by atoms with E-state index in [1.807, 2.05) is 12.1 Å². The van der Waals surface area contributed by atoms with Gasteiger partial charge >= 0.3 is 11.9 Å². The maximum Gasteiger partial charge on any atom is 0.352 e. The van der Waals surface area contributed by atoms with Crippen molar-refractivity contribution in [2.75, 3.05) is 0 Å². The summed E-state index contributed by atoms with van der Waals surface area (Å²) in [6.45, 7) is 3.65. The van der Waals surface area contributed by atoms with Gasteiger partial charge in [-0.2, -0.15) is 0 Å². The maximum absolute atomic E-state index is 12.1. The summed E-state index contributed by atoms with van der Waals surface area (Å²) in [5.41, 5.74) is 1.28. The number of aromatic carboxylic acids is 1.